The molecule has 98 valence electrons. The maximum atomic E-state index is 11.9. The highest BCUT2D eigenvalue weighted by Gasteiger charge is 2.17. The van der Waals surface area contributed by atoms with Gasteiger partial charge in [-0.1, -0.05) is 12.1 Å². The number of nitrogens with one attached hydrogen (secondary N) is 1. The summed E-state index contributed by atoms with van der Waals surface area (Å²) in [6, 6.07) is 4.72. The molecule has 5 nitrogen and oxygen atoms in total. The highest BCUT2D eigenvalue weighted by molar-refractivity contribution is 6.01. The lowest BCUT2D eigenvalue weighted by atomic mass is 10.1. The molecule has 0 radical (unpaired) electrons. The van der Waals surface area contributed by atoms with E-state index in [1.165, 1.54) is 4.90 Å². The molecule has 1 rings (SSSR count). The smallest absolute Gasteiger partial charge is 0.338 e. The number of carboxylic acid groups (broad SMARTS) is 1. The molecule has 0 unspecified atom stereocenters. The number of aryl methyl sites for hydroxylation is 1. The molecule has 0 bridgehead atoms. The van der Waals surface area contributed by atoms with Crippen molar-refractivity contribution in [2.75, 3.05) is 12.4 Å². The van der Waals surface area contributed by atoms with Gasteiger partial charge in [0.2, 0.25) is 0 Å². The second kappa shape index (κ2) is 5.53. The predicted molar refractivity (Wildman–Crippen MR) is 70.1 cm³/mol. The number of hydrogen-bond donors (Lipinski definition) is 2. The molecule has 0 spiro atoms. The average Bonchev–Trinajstić information content (AvgIpc) is 2.27. The van der Waals surface area contributed by atoms with E-state index in [9.17, 15) is 9.59 Å². The maximum absolute atomic E-state index is 11.9. The summed E-state index contributed by atoms with van der Waals surface area (Å²) in [4.78, 5) is 24.5. The number of aromatic carboxylic acids is 1. The van der Waals surface area contributed by atoms with Crippen LogP contribution in [0.15, 0.2) is 18.2 Å². The monoisotopic (exact) mass is 250 g/mol. The van der Waals surface area contributed by atoms with Crippen LogP contribution in [0.5, 0.6) is 0 Å². The van der Waals surface area contributed by atoms with Gasteiger partial charge in [0, 0.05) is 13.1 Å². The molecule has 2 amide bonds. The van der Waals surface area contributed by atoms with Crippen LogP contribution in [0, 0.1) is 6.92 Å². The molecule has 0 atom stereocenters. The molecule has 0 aliphatic carbocycles. The van der Waals surface area contributed by atoms with E-state index in [0.29, 0.717) is 11.3 Å². The number of hydrogen-bond acceptors (Lipinski definition) is 2. The van der Waals surface area contributed by atoms with Crippen molar-refractivity contribution in [3.8, 4) is 0 Å². The molecule has 18 heavy (non-hydrogen) atoms. The Balaban J connectivity index is 3.02. The van der Waals surface area contributed by atoms with E-state index in [1.54, 1.807) is 32.2 Å². The van der Waals surface area contributed by atoms with Crippen molar-refractivity contribution in [3.63, 3.8) is 0 Å². The second-order valence-corrected chi connectivity index (χ2v) is 4.44. The Morgan fingerprint density at radius 1 is 1.33 bits per heavy atom. The predicted octanol–water partition coefficient (Wildman–Crippen LogP) is 2.57. The van der Waals surface area contributed by atoms with Gasteiger partial charge < -0.3 is 15.3 Å². The van der Waals surface area contributed by atoms with E-state index in [4.69, 9.17) is 5.11 Å². The van der Waals surface area contributed by atoms with Gasteiger partial charge in [0.1, 0.15) is 0 Å². The Labute approximate surface area is 106 Å². The molecule has 0 aliphatic rings. The van der Waals surface area contributed by atoms with Crippen molar-refractivity contribution in [2.45, 2.75) is 26.8 Å². The van der Waals surface area contributed by atoms with E-state index in [1.807, 2.05) is 13.8 Å². The fourth-order valence-corrected chi connectivity index (χ4v) is 1.49. The number of carbonyl (C=O) groups excluding carboxylic acids is 1. The molecular formula is C13H18N2O3. The average molecular weight is 250 g/mol. The number of benzene rings is 1. The molecule has 5 heteroatoms. The summed E-state index contributed by atoms with van der Waals surface area (Å²) in [6.45, 7) is 5.47. The highest BCUT2D eigenvalue weighted by Crippen LogP contribution is 2.20. The third-order valence-corrected chi connectivity index (χ3v) is 2.82. The SMILES string of the molecule is Cc1cccc(NC(=O)N(C)C(C)C)c1C(=O)O. The molecule has 0 saturated carbocycles. The van der Waals surface area contributed by atoms with Crippen LogP contribution in [0.2, 0.25) is 0 Å². The molecule has 0 aliphatic heterocycles. The largest absolute Gasteiger partial charge is 0.478 e. The summed E-state index contributed by atoms with van der Waals surface area (Å²) in [7, 11) is 1.66. The quantitative estimate of drug-likeness (QED) is 0.866. The Morgan fingerprint density at radius 3 is 2.44 bits per heavy atom. The van der Waals surface area contributed by atoms with Crippen LogP contribution < -0.4 is 5.32 Å². The van der Waals surface area contributed by atoms with Gasteiger partial charge in [0.25, 0.3) is 0 Å². The zero-order valence-electron chi connectivity index (χ0n) is 11.0. The number of anilines is 1. The van der Waals surface area contributed by atoms with Crippen LogP contribution in [0.1, 0.15) is 29.8 Å². The number of nitrogens with zero attached hydrogens (tertiary/aromatic N) is 1. The van der Waals surface area contributed by atoms with Gasteiger partial charge >= 0.3 is 12.0 Å². The first kappa shape index (κ1) is 14.0. The lowest BCUT2D eigenvalue weighted by molar-refractivity contribution is 0.0697. The maximum Gasteiger partial charge on any atom is 0.338 e. The fourth-order valence-electron chi connectivity index (χ4n) is 1.49. The molecule has 0 aromatic heterocycles. The van der Waals surface area contributed by atoms with Gasteiger partial charge in [0.15, 0.2) is 0 Å². The molecule has 1 aromatic rings. The lowest BCUT2D eigenvalue weighted by Crippen LogP contribution is -2.36. The third-order valence-electron chi connectivity index (χ3n) is 2.82. The third kappa shape index (κ3) is 3.00. The highest BCUT2D eigenvalue weighted by atomic mass is 16.4. The van der Waals surface area contributed by atoms with Gasteiger partial charge in [-0.3, -0.25) is 0 Å². The fraction of sp³-hybridized carbons (Fsp3) is 0.385. The number of amides is 2. The van der Waals surface area contributed by atoms with Crippen molar-refractivity contribution < 1.29 is 14.7 Å². The Morgan fingerprint density at radius 2 is 1.94 bits per heavy atom. The molecule has 2 N–H and O–H groups in total. The van der Waals surface area contributed by atoms with E-state index >= 15 is 0 Å². The standard InChI is InChI=1S/C13H18N2O3/c1-8(2)15(4)13(18)14-10-7-5-6-9(3)11(10)12(16)17/h5-8H,1-4H3,(H,14,18)(H,16,17). The van der Waals surface area contributed by atoms with Crippen LogP contribution in [0.25, 0.3) is 0 Å². The van der Waals surface area contributed by atoms with Gasteiger partial charge in [-0.2, -0.15) is 0 Å². The number of rotatable bonds is 3. The summed E-state index contributed by atoms with van der Waals surface area (Å²) >= 11 is 0. The number of carbonyl (C=O) groups is 2. The van der Waals surface area contributed by atoms with Crippen molar-refractivity contribution >= 4 is 17.7 Å². The summed E-state index contributed by atoms with van der Waals surface area (Å²) in [6.07, 6.45) is 0. The number of carboxylic acids is 1. The topological polar surface area (TPSA) is 69.6 Å². The molecule has 0 heterocycles. The molecule has 0 saturated heterocycles. The van der Waals surface area contributed by atoms with E-state index in [-0.39, 0.29) is 17.6 Å². The Hall–Kier alpha value is -2.04. The van der Waals surface area contributed by atoms with Crippen molar-refractivity contribution in [3.05, 3.63) is 29.3 Å². The summed E-state index contributed by atoms with van der Waals surface area (Å²) in [5.41, 5.74) is 1.07. The van der Waals surface area contributed by atoms with Crippen molar-refractivity contribution in [1.29, 1.82) is 0 Å². The molecular weight excluding hydrogens is 232 g/mol. The normalized spacial score (nSPS) is 10.3. The van der Waals surface area contributed by atoms with Crippen LogP contribution in [-0.2, 0) is 0 Å². The van der Waals surface area contributed by atoms with Gasteiger partial charge in [-0.15, -0.1) is 0 Å². The minimum atomic E-state index is -1.05. The van der Waals surface area contributed by atoms with Gasteiger partial charge in [-0.05, 0) is 32.4 Å². The van der Waals surface area contributed by atoms with Crippen LogP contribution in [0.4, 0.5) is 10.5 Å². The first-order valence-electron chi connectivity index (χ1n) is 5.71. The molecule has 1 aromatic carbocycles. The minimum Gasteiger partial charge on any atom is -0.478 e. The summed E-state index contributed by atoms with van der Waals surface area (Å²) in [5, 5.41) is 11.8. The first-order valence-corrected chi connectivity index (χ1v) is 5.71. The van der Waals surface area contributed by atoms with Crippen molar-refractivity contribution in [1.82, 2.24) is 4.90 Å². The summed E-state index contributed by atoms with van der Waals surface area (Å²) in [5.74, 6) is -1.05. The van der Waals surface area contributed by atoms with Gasteiger partial charge in [-0.25, -0.2) is 9.59 Å². The van der Waals surface area contributed by atoms with Crippen molar-refractivity contribution in [2.24, 2.45) is 0 Å². The van der Waals surface area contributed by atoms with E-state index in [2.05, 4.69) is 5.32 Å². The Kier molecular flexibility index (Phi) is 4.31. The lowest BCUT2D eigenvalue weighted by Gasteiger charge is -2.22. The van der Waals surface area contributed by atoms with E-state index < -0.39 is 5.97 Å². The Bertz CT molecular complexity index is 469. The van der Waals surface area contributed by atoms with Crippen LogP contribution in [-0.4, -0.2) is 35.1 Å². The van der Waals surface area contributed by atoms with Gasteiger partial charge in [0.05, 0.1) is 11.3 Å². The second-order valence-electron chi connectivity index (χ2n) is 4.44. The summed E-state index contributed by atoms with van der Waals surface area (Å²) < 4.78 is 0. The van der Waals surface area contributed by atoms with Crippen LogP contribution in [0.3, 0.4) is 0 Å². The minimum absolute atomic E-state index is 0.0445. The van der Waals surface area contributed by atoms with Crippen LogP contribution >= 0.6 is 0 Å². The first-order chi connectivity index (χ1) is 8.34. The zero-order chi connectivity index (χ0) is 13.9. The van der Waals surface area contributed by atoms with E-state index in [0.717, 1.165) is 0 Å². The zero-order valence-corrected chi connectivity index (χ0v) is 11.0. The molecule has 0 fully saturated rings. The number of urea groups is 1.